The van der Waals surface area contributed by atoms with E-state index in [1.54, 1.807) is 12.5 Å². The molecule has 0 radical (unpaired) electrons. The minimum Gasteiger partial charge on any atom is -0.489 e. The Labute approximate surface area is 115 Å². The Morgan fingerprint density at radius 2 is 2.16 bits per heavy atom. The molecule has 0 aliphatic rings. The molecule has 0 amide bonds. The lowest BCUT2D eigenvalue weighted by atomic mass is 10.4. The minimum absolute atomic E-state index is 0.0609. The molecular weight excluding hydrogens is 268 g/mol. The van der Waals surface area contributed by atoms with Crippen LogP contribution in [0.2, 0.25) is 5.15 Å². The van der Waals surface area contributed by atoms with Gasteiger partial charge in [-0.1, -0.05) is 18.5 Å². The normalized spacial score (nSPS) is 10.7. The predicted octanol–water partition coefficient (Wildman–Crippen LogP) is 1.56. The number of hydrogen-bond acceptors (Lipinski definition) is 4. The second-order valence-corrected chi connectivity index (χ2v) is 4.44. The van der Waals surface area contributed by atoms with Gasteiger partial charge in [0.05, 0.1) is 32.0 Å². The highest BCUT2D eigenvalue weighted by Gasteiger charge is 2.11. The van der Waals surface area contributed by atoms with E-state index in [0.29, 0.717) is 6.54 Å². The van der Waals surface area contributed by atoms with Gasteiger partial charge >= 0.3 is 0 Å². The molecule has 0 unspecified atom stereocenters. The van der Waals surface area contributed by atoms with Crippen molar-refractivity contribution >= 4 is 11.6 Å². The highest BCUT2D eigenvalue weighted by Crippen LogP contribution is 2.15. The number of aryl methyl sites for hydroxylation is 1. The third-order valence-electron chi connectivity index (χ3n) is 2.75. The van der Waals surface area contributed by atoms with E-state index in [9.17, 15) is 4.79 Å². The summed E-state index contributed by atoms with van der Waals surface area (Å²) in [6.07, 6.45) is 5.91. The molecule has 6 nitrogen and oxygen atoms in total. The molecule has 2 aromatic rings. The number of halogens is 1. The van der Waals surface area contributed by atoms with Crippen LogP contribution in [0.1, 0.15) is 19.0 Å². The van der Waals surface area contributed by atoms with Gasteiger partial charge in [0.15, 0.2) is 5.15 Å². The summed E-state index contributed by atoms with van der Waals surface area (Å²) >= 11 is 5.80. The van der Waals surface area contributed by atoms with Crippen LogP contribution in [-0.2, 0) is 13.1 Å². The van der Waals surface area contributed by atoms with Crippen LogP contribution < -0.4 is 10.3 Å². The highest BCUT2D eigenvalue weighted by atomic mass is 35.5. The molecule has 0 atom stereocenters. The van der Waals surface area contributed by atoms with Crippen LogP contribution in [-0.4, -0.2) is 26.2 Å². The number of aromatic nitrogens is 4. The molecule has 0 aromatic carbocycles. The van der Waals surface area contributed by atoms with E-state index in [-0.39, 0.29) is 16.5 Å². The molecule has 2 heterocycles. The smallest absolute Gasteiger partial charge is 0.297 e. The summed E-state index contributed by atoms with van der Waals surface area (Å²) in [6, 6.07) is 0. The fourth-order valence-electron chi connectivity index (χ4n) is 1.83. The summed E-state index contributed by atoms with van der Waals surface area (Å²) in [5.74, 6) is 0.0609. The van der Waals surface area contributed by atoms with E-state index in [1.807, 2.05) is 4.57 Å². The van der Waals surface area contributed by atoms with Gasteiger partial charge in [0, 0.05) is 12.7 Å². The van der Waals surface area contributed by atoms with Gasteiger partial charge < -0.3 is 9.30 Å². The topological polar surface area (TPSA) is 61.9 Å². The van der Waals surface area contributed by atoms with Crippen LogP contribution in [0.4, 0.5) is 0 Å². The van der Waals surface area contributed by atoms with Crippen LogP contribution in [0, 0.1) is 0 Å². The summed E-state index contributed by atoms with van der Waals surface area (Å²) in [6.45, 7) is 3.34. The molecule has 2 rings (SSSR count). The maximum absolute atomic E-state index is 12.1. The molecule has 0 aliphatic heterocycles. The zero-order chi connectivity index (χ0) is 13.8. The Balaban J connectivity index is 2.33. The van der Waals surface area contributed by atoms with Gasteiger partial charge in [-0.25, -0.2) is 9.97 Å². The lowest BCUT2D eigenvalue weighted by molar-refractivity contribution is 0.400. The van der Waals surface area contributed by atoms with Crippen molar-refractivity contribution in [2.75, 3.05) is 7.11 Å². The monoisotopic (exact) mass is 282 g/mol. The maximum Gasteiger partial charge on any atom is 0.297 e. The van der Waals surface area contributed by atoms with Crippen molar-refractivity contribution in [2.24, 2.45) is 0 Å². The van der Waals surface area contributed by atoms with E-state index < -0.39 is 0 Å². The standard InChI is InChI=1S/C12H15ClN4O2/c1-3-4-16-7-14-5-9(16)6-17-8-15-11(13)10(19-2)12(17)18/h5,7-8H,3-4,6H2,1-2H3. The van der Waals surface area contributed by atoms with E-state index >= 15 is 0 Å². The van der Waals surface area contributed by atoms with Gasteiger partial charge in [0.1, 0.15) is 0 Å². The first-order valence-corrected chi connectivity index (χ1v) is 6.33. The molecule has 7 heteroatoms. The SMILES string of the molecule is CCCn1cncc1Cn1cnc(Cl)c(OC)c1=O. The highest BCUT2D eigenvalue weighted by molar-refractivity contribution is 6.30. The Bertz CT molecular complexity index is 620. The Hall–Kier alpha value is -1.82. The second kappa shape index (κ2) is 5.88. The maximum atomic E-state index is 12.1. The molecule has 0 saturated heterocycles. The molecule has 0 fully saturated rings. The lowest BCUT2D eigenvalue weighted by Crippen LogP contribution is -2.23. The lowest BCUT2D eigenvalue weighted by Gasteiger charge is -2.10. The first-order chi connectivity index (χ1) is 9.17. The largest absolute Gasteiger partial charge is 0.489 e. The van der Waals surface area contributed by atoms with Gasteiger partial charge in [0.25, 0.3) is 5.56 Å². The number of methoxy groups -OCH3 is 1. The van der Waals surface area contributed by atoms with Crippen LogP contribution in [0.25, 0.3) is 0 Å². The second-order valence-electron chi connectivity index (χ2n) is 4.08. The van der Waals surface area contributed by atoms with Gasteiger partial charge in [-0.2, -0.15) is 0 Å². The Morgan fingerprint density at radius 3 is 2.84 bits per heavy atom. The van der Waals surface area contributed by atoms with Crippen molar-refractivity contribution < 1.29 is 4.74 Å². The average molecular weight is 283 g/mol. The first-order valence-electron chi connectivity index (χ1n) is 5.95. The summed E-state index contributed by atoms with van der Waals surface area (Å²) in [5.41, 5.74) is 0.641. The van der Waals surface area contributed by atoms with E-state index in [0.717, 1.165) is 18.7 Å². The third kappa shape index (κ3) is 2.78. The van der Waals surface area contributed by atoms with Crippen LogP contribution in [0.3, 0.4) is 0 Å². The molecule has 0 spiro atoms. The van der Waals surface area contributed by atoms with Crippen molar-refractivity contribution in [3.8, 4) is 5.75 Å². The van der Waals surface area contributed by atoms with E-state index in [1.165, 1.54) is 18.0 Å². The average Bonchev–Trinajstić information content (AvgIpc) is 2.81. The molecule has 0 N–H and O–H groups in total. The Kier molecular flexibility index (Phi) is 4.21. The third-order valence-corrected chi connectivity index (χ3v) is 3.02. The summed E-state index contributed by atoms with van der Waals surface area (Å²) < 4.78 is 8.42. The molecule has 102 valence electrons. The predicted molar refractivity (Wildman–Crippen MR) is 71.7 cm³/mol. The number of rotatable bonds is 5. The van der Waals surface area contributed by atoms with Gasteiger partial charge in [-0.05, 0) is 6.42 Å². The van der Waals surface area contributed by atoms with E-state index in [4.69, 9.17) is 16.3 Å². The zero-order valence-corrected chi connectivity index (χ0v) is 11.6. The van der Waals surface area contributed by atoms with E-state index in [2.05, 4.69) is 16.9 Å². The number of ether oxygens (including phenoxy) is 1. The van der Waals surface area contributed by atoms with Gasteiger partial charge in [0.2, 0.25) is 5.75 Å². The van der Waals surface area contributed by atoms with Crippen molar-refractivity contribution in [3.63, 3.8) is 0 Å². The minimum atomic E-state index is -0.299. The van der Waals surface area contributed by atoms with Crippen LogP contribution in [0.15, 0.2) is 23.6 Å². The Morgan fingerprint density at radius 1 is 1.37 bits per heavy atom. The first kappa shape index (κ1) is 13.6. The van der Waals surface area contributed by atoms with Crippen LogP contribution in [0.5, 0.6) is 5.75 Å². The number of nitrogens with zero attached hydrogens (tertiary/aromatic N) is 4. The molecule has 0 saturated carbocycles. The molecule has 19 heavy (non-hydrogen) atoms. The summed E-state index contributed by atoms with van der Waals surface area (Å²) in [5, 5.41) is 0.0748. The fourth-order valence-corrected chi connectivity index (χ4v) is 2.03. The molecule has 0 bridgehead atoms. The van der Waals surface area contributed by atoms with Gasteiger partial charge in [-0.3, -0.25) is 9.36 Å². The number of hydrogen-bond donors (Lipinski definition) is 0. The van der Waals surface area contributed by atoms with Crippen LogP contribution >= 0.6 is 11.6 Å². The van der Waals surface area contributed by atoms with Crippen molar-refractivity contribution in [3.05, 3.63) is 40.1 Å². The number of imidazole rings is 1. The fraction of sp³-hybridized carbons (Fsp3) is 0.417. The quantitative estimate of drug-likeness (QED) is 0.781. The summed E-state index contributed by atoms with van der Waals surface area (Å²) in [7, 11) is 1.40. The summed E-state index contributed by atoms with van der Waals surface area (Å²) in [4.78, 5) is 20.1. The zero-order valence-electron chi connectivity index (χ0n) is 10.8. The van der Waals surface area contributed by atoms with Crippen molar-refractivity contribution in [2.45, 2.75) is 26.4 Å². The van der Waals surface area contributed by atoms with Gasteiger partial charge in [-0.15, -0.1) is 0 Å². The van der Waals surface area contributed by atoms with Crippen molar-refractivity contribution in [1.82, 2.24) is 19.1 Å². The molecule has 2 aromatic heterocycles. The molecular formula is C12H15ClN4O2. The molecule has 0 aliphatic carbocycles. The van der Waals surface area contributed by atoms with Crippen molar-refractivity contribution in [1.29, 1.82) is 0 Å².